The molecule has 1 nitrogen and oxygen atoms in total. The molecule has 0 saturated carbocycles. The second-order valence-electron chi connectivity index (χ2n) is 5.03. The topological polar surface area (TPSA) is 9.23 Å². The summed E-state index contributed by atoms with van der Waals surface area (Å²) in [5, 5.41) is -0.900. The first-order valence-electron chi connectivity index (χ1n) is 5.23. The second kappa shape index (κ2) is 4.16. The van der Waals surface area contributed by atoms with Crippen LogP contribution in [0.5, 0.6) is 5.75 Å². The van der Waals surface area contributed by atoms with Crippen LogP contribution in [0.4, 0.5) is 8.22 Å². The summed E-state index contributed by atoms with van der Waals surface area (Å²) in [5.74, 6) is 0.312. The van der Waals surface area contributed by atoms with Crippen LogP contribution in [0, 0.1) is 6.92 Å². The molecule has 0 aliphatic rings. The van der Waals surface area contributed by atoms with Crippen LogP contribution in [0.2, 0.25) is 5.04 Å². The third-order valence-corrected chi connectivity index (χ3v) is 5.61. The third-order valence-electron chi connectivity index (χ3n) is 2.64. The molecule has 0 aliphatic carbocycles. The fourth-order valence-corrected chi connectivity index (χ4v) is 3.05. The van der Waals surface area contributed by atoms with Crippen LogP contribution in [-0.2, 0) is 0 Å². The molecule has 1 aromatic rings. The Morgan fingerprint density at radius 3 is 2.19 bits per heavy atom. The van der Waals surface area contributed by atoms with Crippen LogP contribution in [0.15, 0.2) is 18.2 Å². The molecule has 0 amide bonds. The highest BCUT2D eigenvalue weighted by molar-refractivity contribution is 6.83. The normalized spacial score (nSPS) is 12.7. The number of aryl methyl sites for hydroxylation is 1. The van der Waals surface area contributed by atoms with Gasteiger partial charge in [0.2, 0.25) is 0 Å². The van der Waals surface area contributed by atoms with Crippen LogP contribution in [0.3, 0.4) is 0 Å². The van der Waals surface area contributed by atoms with Gasteiger partial charge in [0.25, 0.3) is 0 Å². The predicted molar refractivity (Wildman–Crippen MR) is 65.1 cm³/mol. The van der Waals surface area contributed by atoms with Gasteiger partial charge < -0.3 is 4.74 Å². The summed E-state index contributed by atoms with van der Waals surface area (Å²) in [6, 6.07) is 4.89. The Kier molecular flexibility index (Phi) is 3.43. The maximum atomic E-state index is 14.3. The quantitative estimate of drug-likeness (QED) is 0.572. The van der Waals surface area contributed by atoms with E-state index in [9.17, 15) is 8.22 Å². The summed E-state index contributed by atoms with van der Waals surface area (Å²) >= 11 is 0. The number of methoxy groups -OCH3 is 1. The summed E-state index contributed by atoms with van der Waals surface area (Å²) in [5.41, 5.74) is 0.930. The van der Waals surface area contributed by atoms with Gasteiger partial charge in [-0.3, -0.25) is 8.22 Å². The molecule has 1 aromatic carbocycles. The summed E-state index contributed by atoms with van der Waals surface area (Å²) in [6.45, 7) is 6.61. The van der Waals surface area contributed by atoms with Crippen LogP contribution >= 0.6 is 0 Å². The molecule has 4 heteroatoms. The van der Waals surface area contributed by atoms with E-state index in [1.165, 1.54) is 13.2 Å². The van der Waals surface area contributed by atoms with E-state index < -0.39 is 13.8 Å². The van der Waals surface area contributed by atoms with Gasteiger partial charge in [-0.1, -0.05) is 32.9 Å². The number of hydrogen-bond acceptors (Lipinski definition) is 1. The lowest BCUT2D eigenvalue weighted by molar-refractivity contribution is 0.414. The number of rotatable bonds is 2. The molecule has 0 spiro atoms. The molecular weight excluding hydrogens is 226 g/mol. The maximum Gasteiger partial charge on any atom is 0.464 e. The zero-order valence-electron chi connectivity index (χ0n) is 10.4. The summed E-state index contributed by atoms with van der Waals surface area (Å²) < 4.78 is 33.7. The molecule has 0 heterocycles. The van der Waals surface area contributed by atoms with Gasteiger partial charge in [0, 0.05) is 10.2 Å². The number of halogens is 2. The highest BCUT2D eigenvalue weighted by Gasteiger charge is 2.51. The minimum atomic E-state index is -4.49. The van der Waals surface area contributed by atoms with Crippen LogP contribution in [-0.4, -0.2) is 15.9 Å². The lowest BCUT2D eigenvalue weighted by atomic mass is 10.2. The van der Waals surface area contributed by atoms with E-state index in [0.29, 0.717) is 5.75 Å². The lowest BCUT2D eigenvalue weighted by Crippen LogP contribution is -2.47. The zero-order chi connectivity index (χ0) is 12.6. The van der Waals surface area contributed by atoms with Crippen LogP contribution in [0.25, 0.3) is 0 Å². The van der Waals surface area contributed by atoms with Crippen molar-refractivity contribution in [1.29, 1.82) is 0 Å². The van der Waals surface area contributed by atoms with Gasteiger partial charge in [0.15, 0.2) is 0 Å². The van der Waals surface area contributed by atoms with Crippen molar-refractivity contribution in [3.05, 3.63) is 23.8 Å². The first-order chi connectivity index (χ1) is 7.20. The van der Waals surface area contributed by atoms with Crippen molar-refractivity contribution in [2.75, 3.05) is 7.11 Å². The Labute approximate surface area is 96.8 Å². The van der Waals surface area contributed by atoms with Gasteiger partial charge in [0.1, 0.15) is 5.75 Å². The van der Waals surface area contributed by atoms with Gasteiger partial charge >= 0.3 is 8.74 Å². The van der Waals surface area contributed by atoms with Crippen LogP contribution in [0.1, 0.15) is 26.3 Å². The molecule has 0 saturated heterocycles. The molecule has 0 bridgehead atoms. The SMILES string of the molecule is COc1cc(C)ccc1[Si](F)(F)C(C)(C)C. The Balaban J connectivity index is 3.33. The van der Waals surface area contributed by atoms with E-state index in [2.05, 4.69) is 0 Å². The van der Waals surface area contributed by atoms with Gasteiger partial charge in [0.05, 0.1) is 7.11 Å². The first kappa shape index (κ1) is 13.2. The van der Waals surface area contributed by atoms with E-state index >= 15 is 0 Å². The van der Waals surface area contributed by atoms with E-state index in [4.69, 9.17) is 4.74 Å². The third kappa shape index (κ3) is 2.26. The molecular formula is C12H18F2OSi. The molecule has 90 valence electrons. The van der Waals surface area contributed by atoms with Crippen molar-refractivity contribution >= 4 is 13.9 Å². The number of hydrogen-bond donors (Lipinski definition) is 0. The second-order valence-corrected chi connectivity index (χ2v) is 8.22. The van der Waals surface area contributed by atoms with E-state index in [1.807, 2.05) is 6.92 Å². The van der Waals surface area contributed by atoms with E-state index in [-0.39, 0.29) is 5.19 Å². The zero-order valence-corrected chi connectivity index (χ0v) is 11.4. The highest BCUT2D eigenvalue weighted by atomic mass is 28.4. The largest absolute Gasteiger partial charge is 0.497 e. The van der Waals surface area contributed by atoms with Crippen molar-refractivity contribution in [2.24, 2.45) is 0 Å². The Morgan fingerprint density at radius 2 is 1.75 bits per heavy atom. The monoisotopic (exact) mass is 244 g/mol. The first-order valence-corrected chi connectivity index (χ1v) is 6.98. The van der Waals surface area contributed by atoms with Gasteiger partial charge in [-0.2, -0.15) is 0 Å². The molecule has 0 atom stereocenters. The molecule has 0 fully saturated rings. The van der Waals surface area contributed by atoms with Crippen molar-refractivity contribution in [2.45, 2.75) is 32.7 Å². The standard InChI is InChI=1S/C12H18F2OSi/c1-9-6-7-11(10(8-9)15-5)16(13,14)12(2,3)4/h6-8H,1-5H3. The Hall–Kier alpha value is -0.903. The fourth-order valence-electron chi connectivity index (χ4n) is 1.46. The highest BCUT2D eigenvalue weighted by Crippen LogP contribution is 2.39. The summed E-state index contributed by atoms with van der Waals surface area (Å²) in [7, 11) is -3.06. The van der Waals surface area contributed by atoms with Crippen molar-refractivity contribution < 1.29 is 13.0 Å². The molecule has 0 aromatic heterocycles. The molecule has 16 heavy (non-hydrogen) atoms. The summed E-state index contributed by atoms with van der Waals surface area (Å²) in [6.07, 6.45) is 0. The Morgan fingerprint density at radius 1 is 1.19 bits per heavy atom. The Bertz CT molecular complexity index is 383. The van der Waals surface area contributed by atoms with Gasteiger partial charge in [-0.25, -0.2) is 0 Å². The molecule has 0 unspecified atom stereocenters. The smallest absolute Gasteiger partial charge is 0.464 e. The van der Waals surface area contributed by atoms with Crippen molar-refractivity contribution in [1.82, 2.24) is 0 Å². The van der Waals surface area contributed by atoms with Crippen LogP contribution < -0.4 is 9.92 Å². The number of benzene rings is 1. The maximum absolute atomic E-state index is 14.3. The molecule has 0 radical (unpaired) electrons. The van der Waals surface area contributed by atoms with Gasteiger partial charge in [-0.05, 0) is 18.6 Å². The van der Waals surface area contributed by atoms with E-state index in [1.54, 1.807) is 32.9 Å². The average Bonchev–Trinajstić information content (AvgIpc) is 2.15. The van der Waals surface area contributed by atoms with Crippen molar-refractivity contribution in [3.8, 4) is 5.75 Å². The lowest BCUT2D eigenvalue weighted by Gasteiger charge is -2.28. The minimum absolute atomic E-state index is 0.0908. The fraction of sp³-hybridized carbons (Fsp3) is 0.500. The predicted octanol–water partition coefficient (Wildman–Crippen LogP) is 3.39. The van der Waals surface area contributed by atoms with Gasteiger partial charge in [-0.15, -0.1) is 0 Å². The number of ether oxygens (including phenoxy) is 1. The van der Waals surface area contributed by atoms with Crippen molar-refractivity contribution in [3.63, 3.8) is 0 Å². The molecule has 0 aliphatic heterocycles. The van der Waals surface area contributed by atoms with E-state index in [0.717, 1.165) is 5.56 Å². The minimum Gasteiger partial charge on any atom is -0.497 e. The molecule has 0 N–H and O–H groups in total. The summed E-state index contributed by atoms with van der Waals surface area (Å²) in [4.78, 5) is 0. The average molecular weight is 244 g/mol. The molecule has 1 rings (SSSR count).